The zero-order valence-electron chi connectivity index (χ0n) is 51.2. The van der Waals surface area contributed by atoms with Crippen LogP contribution in [0, 0.1) is 22.7 Å². The predicted molar refractivity (Wildman–Crippen MR) is 401 cm³/mol. The highest BCUT2D eigenvalue weighted by Gasteiger charge is 2.23. The molecule has 0 aliphatic carbocycles. The van der Waals surface area contributed by atoms with Gasteiger partial charge in [-0.25, -0.2) is 29.9 Å². The first-order valence-electron chi connectivity index (χ1n) is 30.3. The standard InChI is InChI=1S/C40H25N5.C25H15BrN2.C15H12BN3O2.B.HI/c41-26-27-23-24-37(45-35-21-11-9-18-31(35)32-19-10-12-22-36(32)45)34(25-27)30-17-7-8-20-33(30)40-43-38(28-13-3-1-4-14-28)42-39(44-40)29-15-5-2-6-16-29;26-22-10-4-1-7-18(22)21-15-17(16-27)13-14-25(21)28-23-11-5-2-8-19(23)20-9-3-6-12-24(20)28;20-16(21)15-18-13(11-7-3-1-4-8-11)17-14(19-15)12-9-5-2-6-10-12;;/h1-25H;1-15H;1-10,20-21H;;1H. The topological polar surface area (TPSA) is 175 Å². The summed E-state index contributed by atoms with van der Waals surface area (Å²) in [5, 5.41) is 43.0. The number of halogens is 2. The van der Waals surface area contributed by atoms with Crippen LogP contribution in [0.5, 0.6) is 0 Å². The highest BCUT2D eigenvalue weighted by molar-refractivity contribution is 14.0. The van der Waals surface area contributed by atoms with E-state index in [9.17, 15) is 20.6 Å². The minimum Gasteiger partial charge on any atom is -0.421 e. The minimum atomic E-state index is -1.74. The van der Waals surface area contributed by atoms with E-state index < -0.39 is 7.12 Å². The summed E-state index contributed by atoms with van der Waals surface area (Å²) >= 11 is 3.68. The van der Waals surface area contributed by atoms with Crippen LogP contribution in [-0.2, 0) is 0 Å². The van der Waals surface area contributed by atoms with Gasteiger partial charge in [-0.2, -0.15) is 10.5 Å². The molecule has 12 nitrogen and oxygen atoms in total. The molecule has 0 saturated carbocycles. The van der Waals surface area contributed by atoms with E-state index in [1.54, 1.807) is 0 Å². The average molecular weight is 1410 g/mol. The largest absolute Gasteiger partial charge is 0.528 e. The third kappa shape index (κ3) is 13.1. The van der Waals surface area contributed by atoms with Gasteiger partial charge in [0.2, 0.25) is 0 Å². The lowest BCUT2D eigenvalue weighted by molar-refractivity contribution is 0.422. The summed E-state index contributed by atoms with van der Waals surface area (Å²) in [6.07, 6.45) is 0. The lowest BCUT2D eigenvalue weighted by Gasteiger charge is -2.17. The van der Waals surface area contributed by atoms with E-state index in [1.807, 2.05) is 194 Å². The number of nitriles is 2. The van der Waals surface area contributed by atoms with Gasteiger partial charge in [-0.15, -0.1) is 24.0 Å². The Morgan fingerprint density at radius 1 is 0.312 bits per heavy atom. The molecule has 0 atom stereocenters. The van der Waals surface area contributed by atoms with Crippen molar-refractivity contribution >= 4 is 105 Å². The van der Waals surface area contributed by atoms with Gasteiger partial charge in [0.05, 0.1) is 56.7 Å². The van der Waals surface area contributed by atoms with Crippen molar-refractivity contribution in [3.8, 4) is 103 Å². The lowest BCUT2D eigenvalue weighted by Crippen LogP contribution is -2.36. The molecule has 0 bridgehead atoms. The Hall–Kier alpha value is -11.5. The van der Waals surface area contributed by atoms with Crippen LogP contribution in [0.2, 0.25) is 0 Å². The zero-order valence-corrected chi connectivity index (χ0v) is 55.1. The Morgan fingerprint density at radius 2 is 0.604 bits per heavy atom. The number of hydrogen-bond donors (Lipinski definition) is 2. The van der Waals surface area contributed by atoms with Crippen molar-refractivity contribution in [2.75, 3.05) is 0 Å². The molecule has 16 rings (SSSR count). The van der Waals surface area contributed by atoms with Crippen LogP contribution in [0.4, 0.5) is 0 Å². The number of para-hydroxylation sites is 4. The lowest BCUT2D eigenvalue weighted by atomic mass is 9.90. The number of rotatable bonds is 10. The second-order valence-electron chi connectivity index (χ2n) is 21.9. The summed E-state index contributed by atoms with van der Waals surface area (Å²) in [6.45, 7) is 0. The quantitative estimate of drug-likeness (QED) is 0.0990. The molecule has 2 N–H and O–H groups in total. The van der Waals surface area contributed by atoms with Crippen molar-refractivity contribution in [2.45, 2.75) is 0 Å². The van der Waals surface area contributed by atoms with Gasteiger partial charge in [-0.3, -0.25) is 0 Å². The first-order valence-corrected chi connectivity index (χ1v) is 31.1. The fraction of sp³-hybridized carbons (Fsp3) is 0. The SMILES string of the molecule is I.N#Cc1ccc(-n2c3ccccc3c3ccccc32)c(-c2ccccc2-c2nc(-c3ccccc3)nc(-c3ccccc3)n2)c1.N#Cc1ccc(-n2c3ccccc3c3ccccc32)c(-c2ccccc2Br)c1.OB(O)c1nc(-c2ccccc2)nc(-c2ccccc2)n1.[B]. The van der Waals surface area contributed by atoms with Gasteiger partial charge in [-0.05, 0) is 77.9 Å². The van der Waals surface area contributed by atoms with Gasteiger partial charge in [0.25, 0.3) is 0 Å². The predicted octanol–water partition coefficient (Wildman–Crippen LogP) is 17.7. The van der Waals surface area contributed by atoms with Gasteiger partial charge in [0.15, 0.2) is 34.8 Å². The van der Waals surface area contributed by atoms with E-state index in [-0.39, 0.29) is 38.1 Å². The van der Waals surface area contributed by atoms with Crippen molar-refractivity contribution < 1.29 is 10.0 Å². The summed E-state index contributed by atoms with van der Waals surface area (Å²) in [5.74, 6) is 2.58. The molecule has 0 amide bonds. The van der Waals surface area contributed by atoms with E-state index in [0.717, 1.165) is 88.0 Å². The molecule has 0 aliphatic rings. The van der Waals surface area contributed by atoms with Crippen molar-refractivity contribution in [3.05, 3.63) is 319 Å². The summed E-state index contributed by atoms with van der Waals surface area (Å²) < 4.78 is 5.59. The third-order valence-corrected chi connectivity index (χ3v) is 16.9. The normalized spacial score (nSPS) is 10.7. The maximum atomic E-state index is 10.00. The van der Waals surface area contributed by atoms with Crippen molar-refractivity contribution in [1.82, 2.24) is 39.0 Å². The van der Waals surface area contributed by atoms with E-state index in [1.165, 1.54) is 21.5 Å². The van der Waals surface area contributed by atoms with Gasteiger partial charge < -0.3 is 19.2 Å². The molecule has 455 valence electrons. The molecular weight excluding hydrogens is 1360 g/mol. The molecule has 12 aromatic carbocycles. The second-order valence-corrected chi connectivity index (χ2v) is 22.8. The summed E-state index contributed by atoms with van der Waals surface area (Å²) in [6, 6.07) is 105. The van der Waals surface area contributed by atoms with Crippen LogP contribution in [0.3, 0.4) is 0 Å². The van der Waals surface area contributed by atoms with E-state index >= 15 is 0 Å². The fourth-order valence-corrected chi connectivity index (χ4v) is 12.4. The maximum Gasteiger partial charge on any atom is 0.528 e. The summed E-state index contributed by atoms with van der Waals surface area (Å²) in [7, 11) is -1.74. The number of aromatic nitrogens is 8. The van der Waals surface area contributed by atoms with E-state index in [4.69, 9.17) is 15.0 Å². The Balaban J connectivity index is 0.000000148. The van der Waals surface area contributed by atoms with Gasteiger partial charge in [-0.1, -0.05) is 253 Å². The summed E-state index contributed by atoms with van der Waals surface area (Å²) in [4.78, 5) is 27.6. The molecule has 16 aromatic rings. The molecule has 0 fully saturated rings. The van der Waals surface area contributed by atoms with E-state index in [0.29, 0.717) is 40.2 Å². The summed E-state index contributed by atoms with van der Waals surface area (Å²) in [5.41, 5.74) is 15.9. The Labute approximate surface area is 581 Å². The molecular formula is C80H53B2BrIN10O2. The molecule has 4 heterocycles. The second kappa shape index (κ2) is 29.2. The van der Waals surface area contributed by atoms with Crippen LogP contribution >= 0.6 is 39.9 Å². The number of hydrogen-bond acceptors (Lipinski definition) is 10. The van der Waals surface area contributed by atoms with Crippen LogP contribution in [0.1, 0.15) is 11.1 Å². The van der Waals surface area contributed by atoms with Gasteiger partial charge >= 0.3 is 7.12 Å². The zero-order chi connectivity index (χ0) is 63.9. The molecule has 0 unspecified atom stereocenters. The Morgan fingerprint density at radius 3 is 0.958 bits per heavy atom. The van der Waals surface area contributed by atoms with Crippen molar-refractivity contribution in [1.29, 1.82) is 10.5 Å². The minimum absolute atomic E-state index is 0. The number of fused-ring (bicyclic) bond motifs is 6. The van der Waals surface area contributed by atoms with Crippen molar-refractivity contribution in [2.24, 2.45) is 0 Å². The highest BCUT2D eigenvalue weighted by Crippen LogP contribution is 2.42. The third-order valence-electron chi connectivity index (χ3n) is 16.2. The average Bonchev–Trinajstić information content (AvgIpc) is 1.55. The monoisotopic (exact) mass is 1410 g/mol. The molecule has 16 heteroatoms. The van der Waals surface area contributed by atoms with E-state index in [2.05, 4.69) is 161 Å². The highest BCUT2D eigenvalue weighted by atomic mass is 127. The maximum absolute atomic E-state index is 10.00. The van der Waals surface area contributed by atoms with Crippen LogP contribution in [-0.4, -0.2) is 64.6 Å². The van der Waals surface area contributed by atoms with Gasteiger partial charge in [0, 0.05) is 73.4 Å². The number of nitrogens with zero attached hydrogens (tertiary/aromatic N) is 10. The molecule has 0 saturated heterocycles. The van der Waals surface area contributed by atoms with Crippen LogP contribution in [0.25, 0.3) is 134 Å². The van der Waals surface area contributed by atoms with Gasteiger partial charge in [0.1, 0.15) is 0 Å². The fourth-order valence-electron chi connectivity index (χ4n) is 11.9. The molecule has 0 aliphatic heterocycles. The Kier molecular flexibility index (Phi) is 19.7. The Bertz CT molecular complexity index is 5330. The number of benzene rings is 12. The van der Waals surface area contributed by atoms with Crippen LogP contribution in [0.15, 0.2) is 308 Å². The molecule has 3 radical (unpaired) electrons. The molecule has 4 aromatic heterocycles. The molecule has 0 spiro atoms. The first kappa shape index (κ1) is 64.6. The first-order chi connectivity index (χ1) is 46.3. The smallest absolute Gasteiger partial charge is 0.421 e. The molecule has 96 heavy (non-hydrogen) atoms. The van der Waals surface area contributed by atoms with Crippen LogP contribution < -0.4 is 5.72 Å². The van der Waals surface area contributed by atoms with Crippen molar-refractivity contribution in [3.63, 3.8) is 0 Å².